The van der Waals surface area contributed by atoms with Crippen LogP contribution in [0.5, 0.6) is 0 Å². The first-order chi connectivity index (χ1) is 15.8. The zero-order valence-corrected chi connectivity index (χ0v) is 21.6. The molecule has 3 unspecified atom stereocenters. The second-order valence-corrected chi connectivity index (χ2v) is 11.6. The lowest BCUT2D eigenvalue weighted by molar-refractivity contribution is 0.134. The van der Waals surface area contributed by atoms with Crippen LogP contribution in [0, 0.1) is 11.8 Å². The molecule has 0 bridgehead atoms. The summed E-state index contributed by atoms with van der Waals surface area (Å²) in [6.07, 6.45) is 7.39. The van der Waals surface area contributed by atoms with Crippen LogP contribution in [0.15, 0.2) is 66.7 Å². The molecule has 1 aromatic heterocycles. The normalized spacial score (nSPS) is 19.2. The van der Waals surface area contributed by atoms with E-state index in [4.69, 9.17) is 4.74 Å². The van der Waals surface area contributed by atoms with Gasteiger partial charge in [-0.2, -0.15) is 0 Å². The Balaban J connectivity index is 1.35. The van der Waals surface area contributed by atoms with E-state index in [1.54, 1.807) is 0 Å². The van der Waals surface area contributed by atoms with Gasteiger partial charge in [-0.25, -0.2) is 0 Å². The summed E-state index contributed by atoms with van der Waals surface area (Å²) in [4.78, 5) is 2.86. The van der Waals surface area contributed by atoms with Gasteiger partial charge < -0.3 is 4.74 Å². The summed E-state index contributed by atoms with van der Waals surface area (Å²) in [7, 11) is 0. The topological polar surface area (TPSA) is 9.23 Å². The van der Waals surface area contributed by atoms with Crippen molar-refractivity contribution in [3.63, 3.8) is 0 Å². The van der Waals surface area contributed by atoms with Crippen LogP contribution in [0.3, 0.4) is 0 Å². The van der Waals surface area contributed by atoms with Gasteiger partial charge in [-0.1, -0.05) is 88.4 Å². The van der Waals surface area contributed by atoms with E-state index in [1.165, 1.54) is 44.8 Å². The first kappa shape index (κ1) is 24.0. The molecule has 0 saturated heterocycles. The molecule has 1 aliphatic carbocycles. The molecule has 0 N–H and O–H groups in total. The van der Waals surface area contributed by atoms with Crippen LogP contribution in [0.2, 0.25) is 0 Å². The second-order valence-electron chi connectivity index (χ2n) is 10.5. The van der Waals surface area contributed by atoms with Crippen molar-refractivity contribution < 1.29 is 4.74 Å². The lowest BCUT2D eigenvalue weighted by atomic mass is 9.86. The van der Waals surface area contributed by atoms with Gasteiger partial charge in [0.25, 0.3) is 0 Å². The largest absolute Gasteiger partial charge is 0.377 e. The summed E-state index contributed by atoms with van der Waals surface area (Å²) >= 11 is 1.95. The Morgan fingerprint density at radius 2 is 1.88 bits per heavy atom. The van der Waals surface area contributed by atoms with E-state index < -0.39 is 0 Å². The van der Waals surface area contributed by atoms with Crippen molar-refractivity contribution in [3.05, 3.63) is 88.3 Å². The summed E-state index contributed by atoms with van der Waals surface area (Å²) in [5.41, 5.74) is 5.53. The highest BCUT2D eigenvalue weighted by molar-refractivity contribution is 7.15. The summed E-state index contributed by atoms with van der Waals surface area (Å²) in [6.45, 7) is 12.7. The molecule has 1 saturated carbocycles. The van der Waals surface area contributed by atoms with Crippen LogP contribution in [0.4, 0.5) is 0 Å². The number of allylic oxidation sites excluding steroid dienone is 1. The Labute approximate surface area is 204 Å². The lowest BCUT2D eigenvalue weighted by Gasteiger charge is -2.19. The van der Waals surface area contributed by atoms with Gasteiger partial charge in [0.2, 0.25) is 0 Å². The first-order valence-corrected chi connectivity index (χ1v) is 13.2. The van der Waals surface area contributed by atoms with E-state index in [-0.39, 0.29) is 5.41 Å². The van der Waals surface area contributed by atoms with E-state index in [2.05, 4.69) is 107 Å². The van der Waals surface area contributed by atoms with Crippen LogP contribution in [-0.4, -0.2) is 6.61 Å². The van der Waals surface area contributed by atoms with Crippen LogP contribution in [0.1, 0.15) is 74.9 Å². The van der Waals surface area contributed by atoms with E-state index in [1.807, 2.05) is 11.3 Å². The average molecular weight is 459 g/mol. The molecule has 0 amide bonds. The van der Waals surface area contributed by atoms with Crippen molar-refractivity contribution in [2.45, 2.75) is 65.4 Å². The minimum absolute atomic E-state index is 0.199. The maximum Gasteiger partial charge on any atom is 0.0723 e. The number of hydrogen-bond donors (Lipinski definition) is 0. The molecule has 0 aliphatic heterocycles. The standard InChI is InChI=1S/C31H38OS/c1-6-32-21-25-11-7-8-13-28(25)30-17-16-29(33-30)22(2)18-26-20-24(26)15-14-23-10-9-12-27(19-23)31(3,4)5/h7-17,19,22,24,26H,6,18,20-21H2,1-5H3/b15-14+. The molecule has 0 radical (unpaired) electrons. The van der Waals surface area contributed by atoms with Crippen LogP contribution < -0.4 is 0 Å². The first-order valence-electron chi connectivity index (χ1n) is 12.4. The van der Waals surface area contributed by atoms with Crippen molar-refractivity contribution in [2.24, 2.45) is 11.8 Å². The van der Waals surface area contributed by atoms with Crippen molar-refractivity contribution in [1.82, 2.24) is 0 Å². The minimum Gasteiger partial charge on any atom is -0.377 e. The second kappa shape index (κ2) is 10.4. The zero-order valence-electron chi connectivity index (χ0n) is 20.8. The van der Waals surface area contributed by atoms with Gasteiger partial charge in [0.15, 0.2) is 0 Å². The molecular weight excluding hydrogens is 420 g/mol. The Morgan fingerprint density at radius 3 is 2.67 bits per heavy atom. The minimum atomic E-state index is 0.199. The number of hydrogen-bond acceptors (Lipinski definition) is 2. The predicted octanol–water partition coefficient (Wildman–Crippen LogP) is 9.09. The van der Waals surface area contributed by atoms with Crippen LogP contribution in [0.25, 0.3) is 16.5 Å². The number of benzene rings is 2. The van der Waals surface area contributed by atoms with Crippen molar-refractivity contribution in [1.29, 1.82) is 0 Å². The summed E-state index contributed by atoms with van der Waals surface area (Å²) in [5.74, 6) is 2.16. The Morgan fingerprint density at radius 1 is 1.06 bits per heavy atom. The molecule has 3 atom stereocenters. The molecule has 174 valence electrons. The van der Waals surface area contributed by atoms with E-state index in [9.17, 15) is 0 Å². The Hall–Kier alpha value is -2.16. The third kappa shape index (κ3) is 6.25. The molecular formula is C31H38OS. The van der Waals surface area contributed by atoms with Crippen LogP contribution in [-0.2, 0) is 16.8 Å². The monoisotopic (exact) mass is 458 g/mol. The molecule has 1 fully saturated rings. The Kier molecular flexibility index (Phi) is 7.56. The van der Waals surface area contributed by atoms with Gasteiger partial charge >= 0.3 is 0 Å². The van der Waals surface area contributed by atoms with Gasteiger partial charge in [-0.15, -0.1) is 11.3 Å². The molecule has 2 heteroatoms. The summed E-state index contributed by atoms with van der Waals surface area (Å²) in [6, 6.07) is 22.3. The van der Waals surface area contributed by atoms with Gasteiger partial charge in [0.05, 0.1) is 6.61 Å². The zero-order chi connectivity index (χ0) is 23.4. The maximum atomic E-state index is 5.68. The third-order valence-electron chi connectivity index (χ3n) is 6.78. The maximum absolute atomic E-state index is 5.68. The number of rotatable bonds is 9. The van der Waals surface area contributed by atoms with E-state index in [0.29, 0.717) is 12.5 Å². The highest BCUT2D eigenvalue weighted by Gasteiger charge is 2.36. The fourth-order valence-corrected chi connectivity index (χ4v) is 5.69. The third-order valence-corrected chi connectivity index (χ3v) is 8.13. The summed E-state index contributed by atoms with van der Waals surface area (Å²) in [5, 5.41) is 0. The van der Waals surface area contributed by atoms with Crippen molar-refractivity contribution in [2.75, 3.05) is 6.61 Å². The van der Waals surface area contributed by atoms with Gasteiger partial charge in [-0.05, 0) is 77.3 Å². The van der Waals surface area contributed by atoms with Gasteiger partial charge in [0, 0.05) is 16.4 Å². The molecule has 3 aromatic rings. The van der Waals surface area contributed by atoms with E-state index >= 15 is 0 Å². The molecule has 0 spiro atoms. The Bertz CT molecular complexity index is 1080. The quantitative estimate of drug-likeness (QED) is 0.311. The predicted molar refractivity (Wildman–Crippen MR) is 144 cm³/mol. The highest BCUT2D eigenvalue weighted by atomic mass is 32.1. The summed E-state index contributed by atoms with van der Waals surface area (Å²) < 4.78 is 5.68. The molecule has 33 heavy (non-hydrogen) atoms. The van der Waals surface area contributed by atoms with Crippen molar-refractivity contribution in [3.8, 4) is 10.4 Å². The molecule has 1 aliphatic rings. The average Bonchev–Trinajstić information content (AvgIpc) is 3.34. The molecule has 1 heterocycles. The fourth-order valence-electron chi connectivity index (χ4n) is 4.55. The number of thiophene rings is 1. The molecule has 4 rings (SSSR count). The number of ether oxygens (including phenoxy) is 1. The van der Waals surface area contributed by atoms with E-state index in [0.717, 1.165) is 18.4 Å². The molecule has 1 nitrogen and oxygen atoms in total. The highest BCUT2D eigenvalue weighted by Crippen LogP contribution is 2.47. The fraction of sp³-hybridized carbons (Fsp3) is 0.419. The smallest absolute Gasteiger partial charge is 0.0723 e. The van der Waals surface area contributed by atoms with Crippen molar-refractivity contribution >= 4 is 17.4 Å². The molecule has 2 aromatic carbocycles. The lowest BCUT2D eigenvalue weighted by Crippen LogP contribution is -2.10. The van der Waals surface area contributed by atoms with Crippen LogP contribution >= 0.6 is 11.3 Å². The SMILES string of the molecule is CCOCc1ccccc1-c1ccc(C(C)CC2CC2/C=C/c2cccc(C(C)(C)C)c2)s1. The van der Waals surface area contributed by atoms with Gasteiger partial charge in [-0.3, -0.25) is 0 Å². The van der Waals surface area contributed by atoms with Gasteiger partial charge in [0.1, 0.15) is 0 Å².